The molecule has 1 aliphatic heterocycles. The van der Waals surface area contributed by atoms with Crippen molar-refractivity contribution >= 4 is 5.91 Å². The van der Waals surface area contributed by atoms with E-state index in [9.17, 15) is 4.79 Å². The summed E-state index contributed by atoms with van der Waals surface area (Å²) in [5.74, 6) is 0.378. The summed E-state index contributed by atoms with van der Waals surface area (Å²) in [4.78, 5) is 18.9. The first-order valence-corrected chi connectivity index (χ1v) is 7.13. The van der Waals surface area contributed by atoms with Crippen LogP contribution in [0.1, 0.15) is 34.9 Å². The SMILES string of the molecule is COc1ncccc1C(=O)N1CCC[C@@H]1c1cccn1C. The van der Waals surface area contributed by atoms with Crippen molar-refractivity contribution in [2.75, 3.05) is 13.7 Å². The summed E-state index contributed by atoms with van der Waals surface area (Å²) in [6, 6.07) is 7.76. The molecule has 0 bridgehead atoms. The molecule has 1 saturated heterocycles. The molecule has 5 heteroatoms. The molecule has 2 aromatic heterocycles. The maximum atomic E-state index is 12.8. The number of hydrogen-bond donors (Lipinski definition) is 0. The van der Waals surface area contributed by atoms with Gasteiger partial charge in [-0.3, -0.25) is 4.79 Å². The van der Waals surface area contributed by atoms with E-state index in [0.29, 0.717) is 11.4 Å². The van der Waals surface area contributed by atoms with Crippen molar-refractivity contribution in [3.63, 3.8) is 0 Å². The van der Waals surface area contributed by atoms with E-state index in [4.69, 9.17) is 4.74 Å². The standard InChI is InChI=1S/C16H19N3O2/c1-18-10-4-7-13(18)14-8-5-11-19(14)16(20)12-6-3-9-17-15(12)21-2/h3-4,6-7,9-10,14H,5,8,11H2,1-2H3/t14-/m1/s1. The Morgan fingerprint density at radius 2 is 2.24 bits per heavy atom. The first kappa shape index (κ1) is 13.7. The van der Waals surface area contributed by atoms with Crippen LogP contribution in [0, 0.1) is 0 Å². The number of nitrogens with zero attached hydrogens (tertiary/aromatic N) is 3. The summed E-state index contributed by atoms with van der Waals surface area (Å²) in [7, 11) is 3.55. The highest BCUT2D eigenvalue weighted by Crippen LogP contribution is 2.34. The minimum Gasteiger partial charge on any atom is -0.480 e. The number of carbonyl (C=O) groups excluding carboxylic acids is 1. The molecule has 2 aromatic rings. The van der Waals surface area contributed by atoms with E-state index >= 15 is 0 Å². The van der Waals surface area contributed by atoms with Gasteiger partial charge in [0.05, 0.1) is 13.2 Å². The Kier molecular flexibility index (Phi) is 3.64. The molecule has 110 valence electrons. The Morgan fingerprint density at radius 1 is 1.38 bits per heavy atom. The molecule has 0 saturated carbocycles. The lowest BCUT2D eigenvalue weighted by molar-refractivity contribution is 0.0727. The fraction of sp³-hybridized carbons (Fsp3) is 0.375. The Balaban J connectivity index is 1.92. The Labute approximate surface area is 124 Å². The quantitative estimate of drug-likeness (QED) is 0.870. The average molecular weight is 285 g/mol. The van der Waals surface area contributed by atoms with Gasteiger partial charge in [0.1, 0.15) is 5.56 Å². The predicted molar refractivity (Wildman–Crippen MR) is 79.2 cm³/mol. The van der Waals surface area contributed by atoms with Crippen LogP contribution in [0.2, 0.25) is 0 Å². The van der Waals surface area contributed by atoms with Crippen molar-refractivity contribution in [3.8, 4) is 5.88 Å². The van der Waals surface area contributed by atoms with Crippen LogP contribution in [0.25, 0.3) is 0 Å². The molecule has 21 heavy (non-hydrogen) atoms. The zero-order valence-corrected chi connectivity index (χ0v) is 12.3. The first-order chi connectivity index (χ1) is 10.2. The third-order valence-electron chi connectivity index (χ3n) is 4.03. The van der Waals surface area contributed by atoms with Crippen LogP contribution in [0.3, 0.4) is 0 Å². The highest BCUT2D eigenvalue weighted by molar-refractivity contribution is 5.96. The Morgan fingerprint density at radius 3 is 2.95 bits per heavy atom. The van der Waals surface area contributed by atoms with E-state index < -0.39 is 0 Å². The fourth-order valence-electron chi connectivity index (χ4n) is 3.01. The van der Waals surface area contributed by atoms with Gasteiger partial charge in [0.15, 0.2) is 0 Å². The lowest BCUT2D eigenvalue weighted by Crippen LogP contribution is -2.31. The summed E-state index contributed by atoms with van der Waals surface area (Å²) in [5.41, 5.74) is 1.70. The van der Waals surface area contributed by atoms with Gasteiger partial charge < -0.3 is 14.2 Å². The molecule has 0 aliphatic carbocycles. The van der Waals surface area contributed by atoms with Crippen molar-refractivity contribution in [3.05, 3.63) is 47.9 Å². The zero-order valence-electron chi connectivity index (χ0n) is 12.3. The van der Waals surface area contributed by atoms with Gasteiger partial charge in [0.2, 0.25) is 5.88 Å². The summed E-state index contributed by atoms with van der Waals surface area (Å²) in [6.07, 6.45) is 5.66. The summed E-state index contributed by atoms with van der Waals surface area (Å²) < 4.78 is 7.29. The molecular formula is C16H19N3O2. The lowest BCUT2D eigenvalue weighted by atomic mass is 10.1. The van der Waals surface area contributed by atoms with E-state index in [1.54, 1.807) is 18.3 Å². The van der Waals surface area contributed by atoms with Gasteiger partial charge in [-0.05, 0) is 37.1 Å². The number of pyridine rings is 1. The summed E-state index contributed by atoms with van der Waals surface area (Å²) in [5, 5.41) is 0. The highest BCUT2D eigenvalue weighted by atomic mass is 16.5. The molecule has 0 radical (unpaired) electrons. The van der Waals surface area contributed by atoms with Gasteiger partial charge >= 0.3 is 0 Å². The lowest BCUT2D eigenvalue weighted by Gasteiger charge is -2.25. The van der Waals surface area contributed by atoms with Crippen molar-refractivity contribution in [2.45, 2.75) is 18.9 Å². The molecule has 5 nitrogen and oxygen atoms in total. The van der Waals surface area contributed by atoms with Gasteiger partial charge in [0.25, 0.3) is 5.91 Å². The molecule has 0 unspecified atom stereocenters. The van der Waals surface area contributed by atoms with E-state index in [0.717, 1.165) is 19.4 Å². The van der Waals surface area contributed by atoms with Crippen LogP contribution in [0.4, 0.5) is 0 Å². The van der Waals surface area contributed by atoms with Crippen molar-refractivity contribution < 1.29 is 9.53 Å². The number of aryl methyl sites for hydroxylation is 1. The van der Waals surface area contributed by atoms with Crippen molar-refractivity contribution in [1.29, 1.82) is 0 Å². The monoisotopic (exact) mass is 285 g/mol. The Hall–Kier alpha value is -2.30. The third-order valence-corrected chi connectivity index (χ3v) is 4.03. The van der Waals surface area contributed by atoms with E-state index in [1.807, 2.05) is 24.2 Å². The number of likely N-dealkylation sites (tertiary alicyclic amines) is 1. The second kappa shape index (κ2) is 5.60. The molecule has 1 aliphatic rings. The summed E-state index contributed by atoms with van der Waals surface area (Å²) >= 11 is 0. The molecule has 1 atom stereocenters. The minimum atomic E-state index is -0.0105. The molecule has 0 aromatic carbocycles. The number of amides is 1. The predicted octanol–water partition coefficient (Wildman–Crippen LogP) is 2.41. The molecule has 3 heterocycles. The van der Waals surface area contributed by atoms with Crippen molar-refractivity contribution in [1.82, 2.24) is 14.5 Å². The molecule has 0 spiro atoms. The van der Waals surface area contributed by atoms with Gasteiger partial charge in [-0.1, -0.05) is 0 Å². The number of ether oxygens (including phenoxy) is 1. The molecule has 1 amide bonds. The smallest absolute Gasteiger partial charge is 0.259 e. The number of carbonyl (C=O) groups is 1. The van der Waals surface area contributed by atoms with E-state index in [1.165, 1.54) is 12.8 Å². The van der Waals surface area contributed by atoms with Gasteiger partial charge in [0, 0.05) is 31.7 Å². The fourth-order valence-corrected chi connectivity index (χ4v) is 3.01. The number of hydrogen-bond acceptors (Lipinski definition) is 3. The maximum absolute atomic E-state index is 12.8. The molecule has 1 fully saturated rings. The average Bonchev–Trinajstić information content (AvgIpc) is 3.14. The second-order valence-corrected chi connectivity index (χ2v) is 5.26. The topological polar surface area (TPSA) is 47.4 Å². The van der Waals surface area contributed by atoms with Crippen LogP contribution >= 0.6 is 0 Å². The van der Waals surface area contributed by atoms with Crippen LogP contribution in [0.15, 0.2) is 36.7 Å². The third kappa shape index (κ3) is 2.39. The minimum absolute atomic E-state index is 0.0105. The Bertz CT molecular complexity index is 650. The summed E-state index contributed by atoms with van der Waals surface area (Å²) in [6.45, 7) is 0.771. The number of methoxy groups -OCH3 is 1. The largest absolute Gasteiger partial charge is 0.480 e. The van der Waals surface area contributed by atoms with Gasteiger partial charge in [-0.15, -0.1) is 0 Å². The van der Waals surface area contributed by atoms with Crippen molar-refractivity contribution in [2.24, 2.45) is 7.05 Å². The first-order valence-electron chi connectivity index (χ1n) is 7.13. The van der Waals surface area contributed by atoms with Crippen LogP contribution < -0.4 is 4.74 Å². The second-order valence-electron chi connectivity index (χ2n) is 5.26. The van der Waals surface area contributed by atoms with Crippen LogP contribution in [-0.2, 0) is 7.05 Å². The van der Waals surface area contributed by atoms with Crippen LogP contribution in [-0.4, -0.2) is 34.0 Å². The van der Waals surface area contributed by atoms with E-state index in [-0.39, 0.29) is 11.9 Å². The highest BCUT2D eigenvalue weighted by Gasteiger charge is 2.33. The zero-order chi connectivity index (χ0) is 14.8. The number of rotatable bonds is 3. The van der Waals surface area contributed by atoms with Gasteiger partial charge in [-0.25, -0.2) is 4.98 Å². The van der Waals surface area contributed by atoms with Crippen LogP contribution in [0.5, 0.6) is 5.88 Å². The number of aromatic nitrogens is 2. The molecule has 3 rings (SSSR count). The molecule has 0 N–H and O–H groups in total. The van der Waals surface area contributed by atoms with Gasteiger partial charge in [-0.2, -0.15) is 0 Å². The maximum Gasteiger partial charge on any atom is 0.259 e. The normalized spacial score (nSPS) is 18.0. The molecular weight excluding hydrogens is 266 g/mol. The van der Waals surface area contributed by atoms with E-state index in [2.05, 4.69) is 15.6 Å².